The van der Waals surface area contributed by atoms with Crippen LogP contribution in [-0.2, 0) is 0 Å². The number of anilines is 1. The predicted octanol–water partition coefficient (Wildman–Crippen LogP) is 4.54. The maximum absolute atomic E-state index is 10.4. The number of aryl methyl sites for hydroxylation is 1. The van der Waals surface area contributed by atoms with Gasteiger partial charge >= 0.3 is 0 Å². The highest BCUT2D eigenvalue weighted by Crippen LogP contribution is 2.34. The molecular formula is C24H30N4OS. The molecule has 4 rings (SSSR count). The van der Waals surface area contributed by atoms with Gasteiger partial charge in [-0.05, 0) is 68.2 Å². The Morgan fingerprint density at radius 3 is 2.70 bits per heavy atom. The summed E-state index contributed by atoms with van der Waals surface area (Å²) in [5.74, 6) is 1.12. The lowest BCUT2D eigenvalue weighted by atomic mass is 10.0. The highest BCUT2D eigenvalue weighted by atomic mass is 32.1. The first-order chi connectivity index (χ1) is 14.6. The zero-order chi connectivity index (χ0) is 20.9. The third-order valence-electron chi connectivity index (χ3n) is 5.61. The molecule has 2 aromatic heterocycles. The summed E-state index contributed by atoms with van der Waals surface area (Å²) in [6, 6.07) is 14.0. The molecule has 1 aromatic carbocycles. The summed E-state index contributed by atoms with van der Waals surface area (Å²) in [5.41, 5.74) is 3.79. The first-order valence-corrected chi connectivity index (χ1v) is 11.5. The molecule has 1 aliphatic heterocycles. The molecule has 0 bridgehead atoms. The van der Waals surface area contributed by atoms with Crippen molar-refractivity contribution >= 4 is 17.2 Å². The van der Waals surface area contributed by atoms with Gasteiger partial charge in [-0.1, -0.05) is 17.7 Å². The smallest absolute Gasteiger partial charge is 0.127 e. The van der Waals surface area contributed by atoms with E-state index in [4.69, 9.17) is 4.98 Å². The Labute approximate surface area is 183 Å². The minimum absolute atomic E-state index is 0.262. The molecule has 0 aliphatic carbocycles. The molecule has 2 N–H and O–H groups in total. The second-order valence-electron chi connectivity index (χ2n) is 8.05. The van der Waals surface area contributed by atoms with E-state index >= 15 is 0 Å². The number of nitrogens with zero attached hydrogens (tertiary/aromatic N) is 3. The molecule has 3 aromatic rings. The normalized spacial score (nSPS) is 15.4. The number of phenols is 1. The van der Waals surface area contributed by atoms with E-state index in [1.807, 2.05) is 19.1 Å². The van der Waals surface area contributed by atoms with E-state index in [2.05, 4.69) is 51.8 Å². The standard InChI is InChI=1S/C24H30N4OS/c1-18-6-7-22(29)20(15-18)21-16-19(23-5-3-14-30-23)17-24(26-21)25-8-4-9-28-12-10-27(2)11-13-28/h3,5-7,14-17,29H,4,8-13H2,1-2H3,(H,25,26). The zero-order valence-electron chi connectivity index (χ0n) is 17.8. The monoisotopic (exact) mass is 422 g/mol. The minimum Gasteiger partial charge on any atom is -0.507 e. The highest BCUT2D eigenvalue weighted by Gasteiger charge is 2.14. The average Bonchev–Trinajstić information content (AvgIpc) is 3.29. The second-order valence-corrected chi connectivity index (χ2v) is 9.00. The SMILES string of the molecule is Cc1ccc(O)c(-c2cc(-c3cccs3)cc(NCCCN3CCN(C)CC3)n2)c1. The van der Waals surface area contributed by atoms with Crippen LogP contribution in [0.1, 0.15) is 12.0 Å². The maximum Gasteiger partial charge on any atom is 0.127 e. The molecule has 0 saturated carbocycles. The number of likely N-dealkylation sites (N-methyl/N-ethyl adjacent to an activating group) is 1. The van der Waals surface area contributed by atoms with Crippen LogP contribution >= 0.6 is 11.3 Å². The van der Waals surface area contributed by atoms with Gasteiger partial charge in [0.05, 0.1) is 5.69 Å². The summed E-state index contributed by atoms with van der Waals surface area (Å²) >= 11 is 1.71. The van der Waals surface area contributed by atoms with E-state index in [0.29, 0.717) is 0 Å². The Bertz CT molecular complexity index is 965. The molecule has 0 spiro atoms. The Balaban J connectivity index is 1.49. The van der Waals surface area contributed by atoms with Gasteiger partial charge in [0.25, 0.3) is 0 Å². The van der Waals surface area contributed by atoms with Crippen LogP contribution in [0.3, 0.4) is 0 Å². The van der Waals surface area contributed by atoms with E-state index < -0.39 is 0 Å². The third-order valence-corrected chi connectivity index (χ3v) is 6.53. The Hall–Kier alpha value is -2.41. The Morgan fingerprint density at radius 2 is 1.93 bits per heavy atom. The fourth-order valence-electron chi connectivity index (χ4n) is 3.79. The molecule has 1 fully saturated rings. The number of nitrogens with one attached hydrogen (secondary N) is 1. The van der Waals surface area contributed by atoms with Crippen LogP contribution in [0.4, 0.5) is 5.82 Å². The van der Waals surface area contributed by atoms with Crippen LogP contribution in [0.5, 0.6) is 5.75 Å². The number of hydrogen-bond acceptors (Lipinski definition) is 6. The molecule has 5 nitrogen and oxygen atoms in total. The van der Waals surface area contributed by atoms with Crippen molar-refractivity contribution in [3.8, 4) is 27.4 Å². The van der Waals surface area contributed by atoms with E-state index in [0.717, 1.165) is 73.9 Å². The van der Waals surface area contributed by atoms with Crippen LogP contribution in [0.2, 0.25) is 0 Å². The lowest BCUT2D eigenvalue weighted by Crippen LogP contribution is -2.44. The summed E-state index contributed by atoms with van der Waals surface area (Å²) in [6.45, 7) is 8.63. The molecule has 6 heteroatoms. The number of benzene rings is 1. The van der Waals surface area contributed by atoms with Crippen molar-refractivity contribution in [2.75, 3.05) is 51.6 Å². The van der Waals surface area contributed by atoms with Crippen molar-refractivity contribution in [1.82, 2.24) is 14.8 Å². The first kappa shape index (κ1) is 20.8. The van der Waals surface area contributed by atoms with Gasteiger partial charge in [0.15, 0.2) is 0 Å². The summed E-state index contributed by atoms with van der Waals surface area (Å²) < 4.78 is 0. The fraction of sp³-hybridized carbons (Fsp3) is 0.375. The van der Waals surface area contributed by atoms with Gasteiger partial charge < -0.3 is 20.2 Å². The highest BCUT2D eigenvalue weighted by molar-refractivity contribution is 7.13. The summed E-state index contributed by atoms with van der Waals surface area (Å²) in [4.78, 5) is 10.9. The van der Waals surface area contributed by atoms with Gasteiger partial charge in [-0.2, -0.15) is 0 Å². The van der Waals surface area contributed by atoms with E-state index in [1.54, 1.807) is 17.4 Å². The van der Waals surface area contributed by atoms with Gasteiger partial charge in [0, 0.05) is 43.2 Å². The zero-order valence-corrected chi connectivity index (χ0v) is 18.6. The summed E-state index contributed by atoms with van der Waals surface area (Å²) in [6.07, 6.45) is 1.08. The molecular weight excluding hydrogens is 392 g/mol. The number of hydrogen-bond donors (Lipinski definition) is 2. The number of pyridine rings is 1. The Kier molecular flexibility index (Phi) is 6.67. The predicted molar refractivity (Wildman–Crippen MR) is 126 cm³/mol. The third kappa shape index (κ3) is 5.19. The van der Waals surface area contributed by atoms with Crippen molar-refractivity contribution in [2.24, 2.45) is 0 Å². The lowest BCUT2D eigenvalue weighted by molar-refractivity contribution is 0.154. The molecule has 0 amide bonds. The van der Waals surface area contributed by atoms with Crippen molar-refractivity contribution in [3.63, 3.8) is 0 Å². The van der Waals surface area contributed by atoms with Crippen LogP contribution in [0, 0.1) is 6.92 Å². The van der Waals surface area contributed by atoms with Gasteiger partial charge in [-0.25, -0.2) is 4.98 Å². The first-order valence-electron chi connectivity index (χ1n) is 10.6. The summed E-state index contributed by atoms with van der Waals surface area (Å²) in [5, 5.41) is 16.0. The van der Waals surface area contributed by atoms with Gasteiger partial charge in [-0.3, -0.25) is 0 Å². The Morgan fingerprint density at radius 1 is 1.10 bits per heavy atom. The molecule has 1 aliphatic rings. The molecule has 0 radical (unpaired) electrons. The molecule has 3 heterocycles. The lowest BCUT2D eigenvalue weighted by Gasteiger charge is -2.32. The molecule has 0 atom stereocenters. The quantitative estimate of drug-likeness (QED) is 0.548. The maximum atomic E-state index is 10.4. The van der Waals surface area contributed by atoms with Gasteiger partial charge in [0.1, 0.15) is 11.6 Å². The average molecular weight is 423 g/mol. The van der Waals surface area contributed by atoms with Crippen LogP contribution in [-0.4, -0.2) is 66.2 Å². The number of phenolic OH excluding ortho intramolecular Hbond substituents is 1. The van der Waals surface area contributed by atoms with Crippen molar-refractivity contribution in [3.05, 3.63) is 53.4 Å². The molecule has 158 valence electrons. The minimum atomic E-state index is 0.262. The van der Waals surface area contributed by atoms with Crippen LogP contribution in [0.15, 0.2) is 47.8 Å². The van der Waals surface area contributed by atoms with Crippen molar-refractivity contribution in [1.29, 1.82) is 0 Å². The number of aromatic hydroxyl groups is 1. The van der Waals surface area contributed by atoms with Gasteiger partial charge in [0.2, 0.25) is 0 Å². The molecule has 1 saturated heterocycles. The fourth-order valence-corrected chi connectivity index (χ4v) is 4.50. The van der Waals surface area contributed by atoms with E-state index in [-0.39, 0.29) is 5.75 Å². The topological polar surface area (TPSA) is 51.6 Å². The van der Waals surface area contributed by atoms with Gasteiger partial charge in [-0.15, -0.1) is 11.3 Å². The molecule has 30 heavy (non-hydrogen) atoms. The number of aromatic nitrogens is 1. The number of rotatable bonds is 7. The van der Waals surface area contributed by atoms with Crippen LogP contribution < -0.4 is 5.32 Å². The largest absolute Gasteiger partial charge is 0.507 e. The van der Waals surface area contributed by atoms with Crippen molar-refractivity contribution in [2.45, 2.75) is 13.3 Å². The number of thiophene rings is 1. The molecule has 0 unspecified atom stereocenters. The van der Waals surface area contributed by atoms with Crippen molar-refractivity contribution < 1.29 is 5.11 Å². The van der Waals surface area contributed by atoms with E-state index in [1.165, 1.54) is 4.88 Å². The van der Waals surface area contributed by atoms with Crippen LogP contribution in [0.25, 0.3) is 21.7 Å². The number of piperazine rings is 1. The summed E-state index contributed by atoms with van der Waals surface area (Å²) in [7, 11) is 2.19. The second kappa shape index (κ2) is 9.60. The van der Waals surface area contributed by atoms with E-state index in [9.17, 15) is 5.11 Å².